The second-order valence-corrected chi connectivity index (χ2v) is 5.61. The minimum Gasteiger partial charge on any atom is -0.496 e. The average molecular weight is 284 g/mol. The molecule has 3 nitrogen and oxygen atoms in total. The molecule has 1 saturated heterocycles. The van der Waals surface area contributed by atoms with E-state index in [1.807, 2.05) is 0 Å². The molecule has 1 N–H and O–H groups in total. The van der Waals surface area contributed by atoms with E-state index in [-0.39, 0.29) is 0 Å². The van der Waals surface area contributed by atoms with E-state index in [1.54, 1.807) is 7.11 Å². The molecule has 3 heteroatoms. The van der Waals surface area contributed by atoms with Crippen LogP contribution in [0.15, 0.2) is 36.4 Å². The van der Waals surface area contributed by atoms with Crippen LogP contribution in [0.2, 0.25) is 0 Å². The third kappa shape index (κ3) is 2.76. The van der Waals surface area contributed by atoms with Crippen molar-refractivity contribution in [2.24, 2.45) is 0 Å². The van der Waals surface area contributed by atoms with Crippen LogP contribution in [0.4, 0.5) is 0 Å². The lowest BCUT2D eigenvalue weighted by molar-refractivity contribution is 0.170. The van der Waals surface area contributed by atoms with Crippen molar-refractivity contribution in [3.05, 3.63) is 42.0 Å². The quantitative estimate of drug-likeness (QED) is 0.933. The fourth-order valence-corrected chi connectivity index (χ4v) is 3.43. The fraction of sp³-hybridized carbons (Fsp3) is 0.444. The monoisotopic (exact) mass is 284 g/mol. The Balaban J connectivity index is 2.05. The predicted octanol–water partition coefficient (Wildman–Crippen LogP) is 3.20. The topological polar surface area (TPSA) is 24.5 Å². The Morgan fingerprint density at radius 2 is 1.81 bits per heavy atom. The number of benzene rings is 2. The van der Waals surface area contributed by atoms with Gasteiger partial charge in [0, 0.05) is 37.6 Å². The van der Waals surface area contributed by atoms with Crippen molar-refractivity contribution in [1.29, 1.82) is 0 Å². The van der Waals surface area contributed by atoms with Crippen LogP contribution in [0.25, 0.3) is 10.8 Å². The van der Waals surface area contributed by atoms with Crippen molar-refractivity contribution in [1.82, 2.24) is 10.2 Å². The summed E-state index contributed by atoms with van der Waals surface area (Å²) in [4.78, 5) is 2.60. The van der Waals surface area contributed by atoms with Crippen LogP contribution >= 0.6 is 0 Å². The summed E-state index contributed by atoms with van der Waals surface area (Å²) in [6.07, 6.45) is 1.14. The van der Waals surface area contributed by atoms with E-state index in [0.29, 0.717) is 6.04 Å². The van der Waals surface area contributed by atoms with Crippen LogP contribution in [-0.2, 0) is 0 Å². The van der Waals surface area contributed by atoms with E-state index in [0.717, 1.165) is 38.3 Å². The first-order valence-electron chi connectivity index (χ1n) is 7.85. The SMILES string of the molecule is CC[C@@H](c1ccc(OC)c2ccccc12)N1CCNCC1. The van der Waals surface area contributed by atoms with Gasteiger partial charge in [-0.15, -0.1) is 0 Å². The molecule has 1 aliphatic rings. The van der Waals surface area contributed by atoms with Crippen molar-refractivity contribution >= 4 is 10.8 Å². The standard InChI is InChI=1S/C18H24N2O/c1-3-17(20-12-10-19-11-13-20)15-8-9-18(21-2)16-7-5-4-6-14(15)16/h4-9,17,19H,3,10-13H2,1-2H3/t17-/m0/s1. The van der Waals surface area contributed by atoms with Crippen LogP contribution in [-0.4, -0.2) is 38.2 Å². The molecule has 2 aromatic carbocycles. The summed E-state index contributed by atoms with van der Waals surface area (Å²) in [5, 5.41) is 5.97. The summed E-state index contributed by atoms with van der Waals surface area (Å²) in [5.74, 6) is 0.963. The molecule has 1 heterocycles. The Labute approximate surface area is 126 Å². The molecule has 0 aromatic heterocycles. The maximum absolute atomic E-state index is 5.52. The Morgan fingerprint density at radius 3 is 2.48 bits per heavy atom. The van der Waals surface area contributed by atoms with Gasteiger partial charge in [-0.25, -0.2) is 0 Å². The molecule has 1 aliphatic heterocycles. The summed E-state index contributed by atoms with van der Waals surface area (Å²) < 4.78 is 5.52. The molecule has 0 saturated carbocycles. The minimum atomic E-state index is 0.489. The van der Waals surface area contributed by atoms with Crippen LogP contribution in [0.1, 0.15) is 24.9 Å². The first-order chi connectivity index (χ1) is 10.3. The van der Waals surface area contributed by atoms with Gasteiger partial charge in [0.05, 0.1) is 7.11 Å². The summed E-state index contributed by atoms with van der Waals surface area (Å²) in [6, 6.07) is 13.4. The van der Waals surface area contributed by atoms with Crippen LogP contribution in [0, 0.1) is 0 Å². The summed E-state index contributed by atoms with van der Waals surface area (Å²) in [6.45, 7) is 6.71. The molecule has 1 atom stereocenters. The van der Waals surface area contributed by atoms with Gasteiger partial charge in [0.25, 0.3) is 0 Å². The summed E-state index contributed by atoms with van der Waals surface area (Å²) in [5.41, 5.74) is 1.43. The Hall–Kier alpha value is -1.58. The highest BCUT2D eigenvalue weighted by atomic mass is 16.5. The third-order valence-electron chi connectivity index (χ3n) is 4.48. The van der Waals surface area contributed by atoms with E-state index >= 15 is 0 Å². The van der Waals surface area contributed by atoms with Crippen molar-refractivity contribution in [3.8, 4) is 5.75 Å². The molecule has 112 valence electrons. The highest BCUT2D eigenvalue weighted by Crippen LogP contribution is 2.35. The van der Waals surface area contributed by atoms with Crippen LogP contribution in [0.3, 0.4) is 0 Å². The lowest BCUT2D eigenvalue weighted by Crippen LogP contribution is -2.45. The summed E-state index contributed by atoms with van der Waals surface area (Å²) >= 11 is 0. The molecule has 3 rings (SSSR count). The van der Waals surface area contributed by atoms with Gasteiger partial charge in [-0.1, -0.05) is 37.3 Å². The molecule has 0 amide bonds. The van der Waals surface area contributed by atoms with Gasteiger partial charge >= 0.3 is 0 Å². The fourth-order valence-electron chi connectivity index (χ4n) is 3.43. The number of methoxy groups -OCH3 is 1. The Bertz CT molecular complexity index is 605. The smallest absolute Gasteiger partial charge is 0.126 e. The zero-order chi connectivity index (χ0) is 14.7. The van der Waals surface area contributed by atoms with Crippen LogP contribution in [0.5, 0.6) is 5.75 Å². The number of piperazine rings is 1. The molecule has 0 spiro atoms. The van der Waals surface area contributed by atoms with Gasteiger partial charge in [-0.05, 0) is 23.4 Å². The van der Waals surface area contributed by atoms with E-state index in [2.05, 4.69) is 53.5 Å². The second kappa shape index (κ2) is 6.46. The lowest BCUT2D eigenvalue weighted by atomic mass is 9.95. The number of hydrogen-bond donors (Lipinski definition) is 1. The Kier molecular flexibility index (Phi) is 4.42. The minimum absolute atomic E-state index is 0.489. The third-order valence-corrected chi connectivity index (χ3v) is 4.48. The molecule has 0 bridgehead atoms. The van der Waals surface area contributed by atoms with Gasteiger partial charge in [0.15, 0.2) is 0 Å². The molecule has 21 heavy (non-hydrogen) atoms. The molecule has 0 unspecified atom stereocenters. The number of nitrogens with one attached hydrogen (secondary N) is 1. The van der Waals surface area contributed by atoms with E-state index in [9.17, 15) is 0 Å². The number of rotatable bonds is 4. The first kappa shape index (κ1) is 14.4. The molecule has 1 fully saturated rings. The second-order valence-electron chi connectivity index (χ2n) is 5.61. The molecule has 0 radical (unpaired) electrons. The van der Waals surface area contributed by atoms with E-state index < -0.39 is 0 Å². The van der Waals surface area contributed by atoms with Crippen molar-refractivity contribution < 1.29 is 4.74 Å². The van der Waals surface area contributed by atoms with Crippen molar-refractivity contribution in [2.75, 3.05) is 33.3 Å². The highest BCUT2D eigenvalue weighted by molar-refractivity contribution is 5.91. The predicted molar refractivity (Wildman–Crippen MR) is 88.0 cm³/mol. The maximum atomic E-state index is 5.52. The maximum Gasteiger partial charge on any atom is 0.126 e. The average Bonchev–Trinajstić information content (AvgIpc) is 2.56. The number of hydrogen-bond acceptors (Lipinski definition) is 3. The molecular weight excluding hydrogens is 260 g/mol. The molecule has 2 aromatic rings. The van der Waals surface area contributed by atoms with Gasteiger partial charge in [0.1, 0.15) is 5.75 Å². The van der Waals surface area contributed by atoms with Crippen LogP contribution < -0.4 is 10.1 Å². The van der Waals surface area contributed by atoms with Gasteiger partial charge in [-0.2, -0.15) is 0 Å². The van der Waals surface area contributed by atoms with Crippen molar-refractivity contribution in [2.45, 2.75) is 19.4 Å². The van der Waals surface area contributed by atoms with Gasteiger partial charge in [-0.3, -0.25) is 4.90 Å². The van der Waals surface area contributed by atoms with E-state index in [1.165, 1.54) is 16.3 Å². The van der Waals surface area contributed by atoms with Crippen molar-refractivity contribution in [3.63, 3.8) is 0 Å². The number of nitrogens with zero attached hydrogens (tertiary/aromatic N) is 1. The van der Waals surface area contributed by atoms with Gasteiger partial charge < -0.3 is 10.1 Å². The zero-order valence-electron chi connectivity index (χ0n) is 12.9. The van der Waals surface area contributed by atoms with Gasteiger partial charge in [0.2, 0.25) is 0 Å². The normalized spacial score (nSPS) is 17.8. The molecule has 0 aliphatic carbocycles. The Morgan fingerprint density at radius 1 is 1.10 bits per heavy atom. The zero-order valence-corrected chi connectivity index (χ0v) is 12.9. The lowest BCUT2D eigenvalue weighted by Gasteiger charge is -2.35. The largest absolute Gasteiger partial charge is 0.496 e. The number of ether oxygens (including phenoxy) is 1. The highest BCUT2D eigenvalue weighted by Gasteiger charge is 2.22. The summed E-state index contributed by atoms with van der Waals surface area (Å²) in [7, 11) is 1.75. The van der Waals surface area contributed by atoms with E-state index in [4.69, 9.17) is 4.74 Å². The first-order valence-corrected chi connectivity index (χ1v) is 7.85. The molecular formula is C18H24N2O. The number of fused-ring (bicyclic) bond motifs is 1.